The van der Waals surface area contributed by atoms with E-state index in [1.807, 2.05) is 31.2 Å². The Morgan fingerprint density at radius 2 is 2.00 bits per heavy atom. The van der Waals surface area contributed by atoms with E-state index >= 15 is 0 Å². The van der Waals surface area contributed by atoms with E-state index < -0.39 is 0 Å². The van der Waals surface area contributed by atoms with E-state index in [0.29, 0.717) is 11.4 Å². The minimum absolute atomic E-state index is 0.279. The zero-order valence-corrected chi connectivity index (χ0v) is 10.2. The Kier molecular flexibility index (Phi) is 3.35. The van der Waals surface area contributed by atoms with Crippen LogP contribution >= 0.6 is 12.2 Å². The third-order valence-electron chi connectivity index (χ3n) is 2.34. The maximum Gasteiger partial charge on any atom is 0.229 e. The third kappa shape index (κ3) is 2.60. The number of para-hydroxylation sites is 1. The fourth-order valence-electron chi connectivity index (χ4n) is 1.43. The molecular formula is C13H12N2OS. The number of hydrogen-bond acceptors (Lipinski definition) is 3. The summed E-state index contributed by atoms with van der Waals surface area (Å²) >= 11 is 4.96. The summed E-state index contributed by atoms with van der Waals surface area (Å²) in [6.07, 6.45) is 1.65. The van der Waals surface area contributed by atoms with Crippen molar-refractivity contribution in [2.45, 2.75) is 6.92 Å². The van der Waals surface area contributed by atoms with Gasteiger partial charge in [-0.25, -0.2) is 4.98 Å². The van der Waals surface area contributed by atoms with Gasteiger partial charge in [-0.3, -0.25) is 0 Å². The fraction of sp³-hybridized carbons (Fsp3) is 0.0769. The second-order valence-electron chi connectivity index (χ2n) is 3.59. The predicted molar refractivity (Wildman–Crippen MR) is 71.4 cm³/mol. The number of hydrogen-bond donors (Lipinski definition) is 1. The average molecular weight is 244 g/mol. The number of benzene rings is 1. The van der Waals surface area contributed by atoms with Gasteiger partial charge in [-0.05, 0) is 30.7 Å². The molecule has 0 aliphatic carbocycles. The van der Waals surface area contributed by atoms with Crippen LogP contribution in [0.4, 0.5) is 0 Å². The molecule has 1 heterocycles. The van der Waals surface area contributed by atoms with Crippen LogP contribution in [0.15, 0.2) is 42.6 Å². The maximum absolute atomic E-state index is 5.72. The first-order valence-corrected chi connectivity index (χ1v) is 5.57. The molecule has 0 unspecified atom stereocenters. The lowest BCUT2D eigenvalue weighted by Gasteiger charge is -2.10. The molecule has 2 N–H and O–H groups in total. The van der Waals surface area contributed by atoms with Gasteiger partial charge in [0.15, 0.2) is 0 Å². The fourth-order valence-corrected chi connectivity index (χ4v) is 1.59. The molecule has 86 valence electrons. The van der Waals surface area contributed by atoms with Crippen molar-refractivity contribution in [3.63, 3.8) is 0 Å². The number of nitrogens with two attached hydrogens (primary N) is 1. The SMILES string of the molecule is Cc1ccccc1Oc1ncccc1C(N)=S. The molecule has 1 aromatic carbocycles. The highest BCUT2D eigenvalue weighted by atomic mass is 32.1. The van der Waals surface area contributed by atoms with Crippen LogP contribution in [0, 0.1) is 6.92 Å². The van der Waals surface area contributed by atoms with Crippen molar-refractivity contribution in [2.24, 2.45) is 5.73 Å². The van der Waals surface area contributed by atoms with Crippen LogP contribution in [0.1, 0.15) is 11.1 Å². The normalized spacial score (nSPS) is 9.94. The summed E-state index contributed by atoms with van der Waals surface area (Å²) in [5, 5.41) is 0. The van der Waals surface area contributed by atoms with E-state index in [9.17, 15) is 0 Å². The van der Waals surface area contributed by atoms with Crippen molar-refractivity contribution in [3.8, 4) is 11.6 Å². The minimum atomic E-state index is 0.279. The monoisotopic (exact) mass is 244 g/mol. The van der Waals surface area contributed by atoms with Crippen molar-refractivity contribution in [3.05, 3.63) is 53.7 Å². The highest BCUT2D eigenvalue weighted by molar-refractivity contribution is 7.80. The molecule has 0 aliphatic heterocycles. The van der Waals surface area contributed by atoms with E-state index in [-0.39, 0.29) is 4.99 Å². The molecule has 0 radical (unpaired) electrons. The number of rotatable bonds is 3. The minimum Gasteiger partial charge on any atom is -0.438 e. The molecule has 3 nitrogen and oxygen atoms in total. The van der Waals surface area contributed by atoms with E-state index in [4.69, 9.17) is 22.7 Å². The number of pyridine rings is 1. The highest BCUT2D eigenvalue weighted by Crippen LogP contribution is 2.25. The van der Waals surface area contributed by atoms with Gasteiger partial charge in [0.05, 0.1) is 5.56 Å². The molecule has 0 bridgehead atoms. The van der Waals surface area contributed by atoms with Crippen molar-refractivity contribution in [2.75, 3.05) is 0 Å². The molecule has 2 rings (SSSR count). The van der Waals surface area contributed by atoms with Crippen LogP contribution in [0.2, 0.25) is 0 Å². The van der Waals surface area contributed by atoms with Crippen molar-refractivity contribution < 1.29 is 4.74 Å². The van der Waals surface area contributed by atoms with Crippen molar-refractivity contribution in [1.29, 1.82) is 0 Å². The van der Waals surface area contributed by atoms with Gasteiger partial charge in [-0.1, -0.05) is 30.4 Å². The standard InChI is InChI=1S/C13H12N2OS/c1-9-5-2-3-7-11(9)16-13-10(12(14)17)6-4-8-15-13/h2-8H,1H3,(H2,14,17). The molecule has 0 spiro atoms. The van der Waals surface area contributed by atoms with Gasteiger partial charge in [0.1, 0.15) is 10.7 Å². The topological polar surface area (TPSA) is 48.1 Å². The van der Waals surface area contributed by atoms with Crippen LogP contribution in [-0.4, -0.2) is 9.97 Å². The zero-order valence-electron chi connectivity index (χ0n) is 9.38. The predicted octanol–water partition coefficient (Wildman–Crippen LogP) is 2.82. The maximum atomic E-state index is 5.72. The Morgan fingerprint density at radius 1 is 1.24 bits per heavy atom. The number of aryl methyl sites for hydroxylation is 1. The lowest BCUT2D eigenvalue weighted by atomic mass is 10.2. The first kappa shape index (κ1) is 11.5. The van der Waals surface area contributed by atoms with Crippen molar-refractivity contribution in [1.82, 2.24) is 4.98 Å². The summed E-state index contributed by atoms with van der Waals surface area (Å²) in [5.74, 6) is 1.19. The lowest BCUT2D eigenvalue weighted by Crippen LogP contribution is -2.11. The molecule has 0 aliphatic rings. The molecule has 0 amide bonds. The molecule has 0 fully saturated rings. The van der Waals surface area contributed by atoms with Crippen LogP contribution in [-0.2, 0) is 0 Å². The molecule has 17 heavy (non-hydrogen) atoms. The van der Waals surface area contributed by atoms with E-state index in [2.05, 4.69) is 4.98 Å². The van der Waals surface area contributed by atoms with Gasteiger partial charge >= 0.3 is 0 Å². The van der Waals surface area contributed by atoms with Gasteiger partial charge < -0.3 is 10.5 Å². The van der Waals surface area contributed by atoms with Gasteiger partial charge in [0.25, 0.3) is 0 Å². The summed E-state index contributed by atoms with van der Waals surface area (Å²) < 4.78 is 5.72. The van der Waals surface area contributed by atoms with Crippen LogP contribution in [0.3, 0.4) is 0 Å². The summed E-state index contributed by atoms with van der Waals surface area (Å²) in [6, 6.07) is 11.3. The number of ether oxygens (including phenoxy) is 1. The second kappa shape index (κ2) is 4.93. The van der Waals surface area contributed by atoms with Crippen LogP contribution < -0.4 is 10.5 Å². The van der Waals surface area contributed by atoms with Gasteiger partial charge in [0, 0.05) is 6.20 Å². The van der Waals surface area contributed by atoms with Gasteiger partial charge in [0.2, 0.25) is 5.88 Å². The van der Waals surface area contributed by atoms with Crippen LogP contribution in [0.5, 0.6) is 11.6 Å². The highest BCUT2D eigenvalue weighted by Gasteiger charge is 2.09. The second-order valence-corrected chi connectivity index (χ2v) is 4.03. The Labute approximate surface area is 105 Å². The van der Waals surface area contributed by atoms with Crippen LogP contribution in [0.25, 0.3) is 0 Å². The summed E-state index contributed by atoms with van der Waals surface area (Å²) in [6.45, 7) is 1.97. The van der Waals surface area contributed by atoms with E-state index in [1.54, 1.807) is 18.3 Å². The Bertz CT molecular complexity index is 555. The number of nitrogens with zero attached hydrogens (tertiary/aromatic N) is 1. The molecule has 0 saturated heterocycles. The number of aromatic nitrogens is 1. The third-order valence-corrected chi connectivity index (χ3v) is 2.56. The van der Waals surface area contributed by atoms with E-state index in [0.717, 1.165) is 11.3 Å². The molecule has 4 heteroatoms. The Hall–Kier alpha value is -1.94. The Morgan fingerprint density at radius 3 is 2.71 bits per heavy atom. The van der Waals surface area contributed by atoms with Gasteiger partial charge in [-0.15, -0.1) is 0 Å². The van der Waals surface area contributed by atoms with Gasteiger partial charge in [-0.2, -0.15) is 0 Å². The quantitative estimate of drug-likeness (QED) is 0.843. The smallest absolute Gasteiger partial charge is 0.229 e. The first-order valence-electron chi connectivity index (χ1n) is 5.17. The first-order chi connectivity index (χ1) is 8.18. The Balaban J connectivity index is 2.37. The molecular weight excluding hydrogens is 232 g/mol. The molecule has 0 saturated carbocycles. The molecule has 1 aromatic heterocycles. The molecule has 2 aromatic rings. The van der Waals surface area contributed by atoms with E-state index in [1.165, 1.54) is 0 Å². The largest absolute Gasteiger partial charge is 0.438 e. The van der Waals surface area contributed by atoms with Crippen molar-refractivity contribution >= 4 is 17.2 Å². The molecule has 0 atom stereocenters. The zero-order chi connectivity index (χ0) is 12.3. The number of thiocarbonyl (C=S) groups is 1. The summed E-state index contributed by atoms with van der Waals surface area (Å²) in [5.41, 5.74) is 7.30. The lowest BCUT2D eigenvalue weighted by molar-refractivity contribution is 0.458. The summed E-state index contributed by atoms with van der Waals surface area (Å²) in [4.78, 5) is 4.43. The summed E-state index contributed by atoms with van der Waals surface area (Å²) in [7, 11) is 0. The average Bonchev–Trinajstić information content (AvgIpc) is 2.32.